The van der Waals surface area contributed by atoms with E-state index < -0.39 is 22.1 Å². The van der Waals surface area contributed by atoms with Crippen LogP contribution >= 0.6 is 15.9 Å². The largest absolute Gasteiger partial charge is 0.703 e. The first-order valence-corrected chi connectivity index (χ1v) is 6.71. The van der Waals surface area contributed by atoms with Gasteiger partial charge in [0, 0.05) is 10.8 Å². The average molecular weight is 251 g/mol. The zero-order valence-electron chi connectivity index (χ0n) is 7.48. The number of pyridine rings is 1. The molecule has 0 saturated heterocycles. The Bertz CT molecular complexity index is 384. The second kappa shape index (κ2) is 5.30. The molecule has 0 saturated carbocycles. The molecule has 1 rings (SSSR count). The van der Waals surface area contributed by atoms with Crippen LogP contribution in [0.25, 0.3) is 0 Å². The van der Waals surface area contributed by atoms with Crippen LogP contribution in [0.2, 0.25) is 0 Å². The minimum Gasteiger partial charge on any atom is -0.359 e. The number of hydrogen-bond donors (Lipinski definition) is 3. The number of nitrogens with one attached hydrogen (secondary N) is 1. The molecule has 2 unspecified atom stereocenters. The fourth-order valence-corrected chi connectivity index (χ4v) is 2.25. The number of rotatable bonds is 5. The zero-order chi connectivity index (χ0) is 11.3. The van der Waals surface area contributed by atoms with E-state index in [0.29, 0.717) is 5.82 Å². The Morgan fingerprint density at radius 1 is 1.60 bits per heavy atom. The lowest BCUT2D eigenvalue weighted by Gasteiger charge is -2.05. The van der Waals surface area contributed by atoms with E-state index in [2.05, 4.69) is 14.6 Å². The van der Waals surface area contributed by atoms with Crippen molar-refractivity contribution < 1.29 is 23.2 Å². The van der Waals surface area contributed by atoms with Crippen LogP contribution < -0.4 is 5.32 Å². The summed E-state index contributed by atoms with van der Waals surface area (Å²) in [6.45, 7) is 0. The number of anilines is 1. The van der Waals surface area contributed by atoms with E-state index in [4.69, 9.17) is 9.79 Å². The second-order valence-corrected chi connectivity index (χ2v) is 5.23. The molecule has 0 spiro atoms. The third-order valence-electron chi connectivity index (χ3n) is 1.32. The van der Waals surface area contributed by atoms with E-state index in [1.165, 1.54) is 6.20 Å². The molecule has 9 heteroatoms. The lowest BCUT2D eigenvalue weighted by molar-refractivity contribution is 0.352. The fraction of sp³-hybridized carbons (Fsp3) is 0.167. The normalized spacial score (nSPS) is 15.5. The third kappa shape index (κ3) is 4.97. The van der Waals surface area contributed by atoms with Crippen molar-refractivity contribution in [3.8, 4) is 0 Å². The molecule has 1 aromatic heterocycles. The lowest BCUT2D eigenvalue weighted by Crippen LogP contribution is -2.04. The smallest absolute Gasteiger partial charge is 0.359 e. The zero-order valence-corrected chi connectivity index (χ0v) is 9.27. The maximum Gasteiger partial charge on any atom is 0.703 e. The van der Waals surface area contributed by atoms with Gasteiger partial charge in [0.15, 0.2) is 0 Å². The fourth-order valence-electron chi connectivity index (χ4n) is 0.786. The topological polar surface area (TPSA) is 109 Å². The van der Waals surface area contributed by atoms with Gasteiger partial charge in [-0.15, -0.1) is 4.89 Å². The molecule has 3 N–H and O–H groups in total. The molecule has 82 valence electrons. The quantitative estimate of drug-likeness (QED) is 0.676. The van der Waals surface area contributed by atoms with Gasteiger partial charge >= 0.3 is 15.9 Å². The molecule has 0 radical (unpaired) electrons. The summed E-state index contributed by atoms with van der Waals surface area (Å²) in [5.74, 6) is 0.378. The summed E-state index contributed by atoms with van der Waals surface area (Å²) in [6.07, 6.45) is 1.02. The van der Waals surface area contributed by atoms with E-state index in [9.17, 15) is 9.13 Å². The maximum atomic E-state index is 11.1. The first-order chi connectivity index (χ1) is 6.99. The molecule has 0 bridgehead atoms. The summed E-state index contributed by atoms with van der Waals surface area (Å²) < 4.78 is 25.2. The highest BCUT2D eigenvalue weighted by Crippen LogP contribution is 2.49. The molecule has 1 aromatic rings. The van der Waals surface area contributed by atoms with Crippen LogP contribution in [-0.4, -0.2) is 21.1 Å². The predicted molar refractivity (Wildman–Crippen MR) is 53.5 cm³/mol. The van der Waals surface area contributed by atoms with Gasteiger partial charge in [-0.1, -0.05) is 6.07 Å². The predicted octanol–water partition coefficient (Wildman–Crippen LogP) is 1.30. The molecule has 1 heterocycles. The van der Waals surface area contributed by atoms with Crippen LogP contribution in [0.1, 0.15) is 0 Å². The third-order valence-corrected chi connectivity index (χ3v) is 3.46. The molecule has 0 aliphatic heterocycles. The summed E-state index contributed by atoms with van der Waals surface area (Å²) in [6, 6.07) is 4.95. The summed E-state index contributed by atoms with van der Waals surface area (Å²) in [5.41, 5.74) is 0. The summed E-state index contributed by atoms with van der Waals surface area (Å²) in [5, 5.41) is 2.50. The highest BCUT2D eigenvalue weighted by Gasteiger charge is 2.32. The van der Waals surface area contributed by atoms with Crippen molar-refractivity contribution in [2.75, 3.05) is 11.6 Å². The monoisotopic (exact) mass is 251 g/mol. The molecule has 0 amide bonds. The van der Waals surface area contributed by atoms with Gasteiger partial charge in [-0.25, -0.2) is 4.98 Å². The average Bonchev–Trinajstić information content (AvgIpc) is 2.15. The van der Waals surface area contributed by atoms with E-state index in [1.54, 1.807) is 18.2 Å². The van der Waals surface area contributed by atoms with E-state index in [1.807, 2.05) is 0 Å². The summed E-state index contributed by atoms with van der Waals surface area (Å²) in [7, 11) is -7.19. The van der Waals surface area contributed by atoms with E-state index >= 15 is 0 Å². The summed E-state index contributed by atoms with van der Waals surface area (Å²) in [4.78, 5) is 21.2. The standard InChI is InChI=1S/C6H8N2O5P2/c9-14(10)13-15(11,12)5-8-6-3-1-2-4-7-6/h1-4H,5H2,(H2-,7,8,9,10,11,12)/p+1. The van der Waals surface area contributed by atoms with Crippen molar-refractivity contribution in [1.29, 1.82) is 0 Å². The SMILES string of the molecule is O=[P+](O)OP(=O)(O)CNc1ccccn1. The molecule has 15 heavy (non-hydrogen) atoms. The minimum absolute atomic E-state index is 0.378. The van der Waals surface area contributed by atoms with Crippen LogP contribution in [0.15, 0.2) is 24.4 Å². The Kier molecular flexibility index (Phi) is 4.32. The van der Waals surface area contributed by atoms with Crippen molar-refractivity contribution in [3.05, 3.63) is 24.4 Å². The van der Waals surface area contributed by atoms with Crippen molar-refractivity contribution in [2.24, 2.45) is 0 Å². The van der Waals surface area contributed by atoms with Crippen LogP contribution in [0.3, 0.4) is 0 Å². The van der Waals surface area contributed by atoms with Crippen molar-refractivity contribution in [2.45, 2.75) is 0 Å². The molecule has 7 nitrogen and oxygen atoms in total. The summed E-state index contributed by atoms with van der Waals surface area (Å²) >= 11 is 0. The van der Waals surface area contributed by atoms with Gasteiger partial charge < -0.3 is 10.2 Å². The first-order valence-electron chi connectivity index (χ1n) is 3.82. The second-order valence-electron chi connectivity index (χ2n) is 2.51. The van der Waals surface area contributed by atoms with E-state index in [0.717, 1.165) is 0 Å². The molecular formula is C6H9N2O5P2+. The molecule has 0 aliphatic carbocycles. The van der Waals surface area contributed by atoms with Gasteiger partial charge in [0.1, 0.15) is 12.1 Å². The molecule has 0 aromatic carbocycles. The van der Waals surface area contributed by atoms with Crippen molar-refractivity contribution in [3.63, 3.8) is 0 Å². The number of nitrogens with zero attached hydrogens (tertiary/aromatic N) is 1. The Balaban J connectivity index is 2.50. The van der Waals surface area contributed by atoms with Gasteiger partial charge in [-0.3, -0.25) is 4.57 Å². The Morgan fingerprint density at radius 2 is 2.33 bits per heavy atom. The molecule has 0 aliphatic rings. The highest BCUT2D eigenvalue weighted by molar-refractivity contribution is 7.59. The van der Waals surface area contributed by atoms with Crippen molar-refractivity contribution in [1.82, 2.24) is 4.98 Å². The van der Waals surface area contributed by atoms with Crippen LogP contribution in [0, 0.1) is 0 Å². The first kappa shape index (κ1) is 12.2. The Hall–Kier alpha value is -0.840. The molecular weight excluding hydrogens is 242 g/mol. The number of aromatic nitrogens is 1. The Morgan fingerprint density at radius 3 is 2.87 bits per heavy atom. The van der Waals surface area contributed by atoms with Crippen molar-refractivity contribution >= 4 is 21.7 Å². The number of hydrogen-bond acceptors (Lipinski definition) is 5. The highest BCUT2D eigenvalue weighted by atomic mass is 31.2. The van der Waals surface area contributed by atoms with Gasteiger partial charge in [-0.05, 0) is 16.4 Å². The molecule has 2 atom stereocenters. The minimum atomic E-state index is -4.10. The van der Waals surface area contributed by atoms with Crippen LogP contribution in [0.5, 0.6) is 0 Å². The van der Waals surface area contributed by atoms with Crippen LogP contribution in [0.4, 0.5) is 5.82 Å². The van der Waals surface area contributed by atoms with Crippen LogP contribution in [-0.2, 0) is 13.4 Å². The van der Waals surface area contributed by atoms with E-state index in [-0.39, 0.29) is 0 Å². The van der Waals surface area contributed by atoms with Gasteiger partial charge in [0.25, 0.3) is 0 Å². The Labute approximate surface area is 86.6 Å². The maximum absolute atomic E-state index is 11.1. The van der Waals surface area contributed by atoms with Gasteiger partial charge in [0.2, 0.25) is 0 Å². The van der Waals surface area contributed by atoms with Gasteiger partial charge in [0.05, 0.1) is 0 Å². The lowest BCUT2D eigenvalue weighted by atomic mass is 10.5. The van der Waals surface area contributed by atoms with Gasteiger partial charge in [-0.2, -0.15) is 0 Å². The molecule has 0 fully saturated rings.